The zero-order chi connectivity index (χ0) is 17.7. The van der Waals surface area contributed by atoms with Crippen LogP contribution in [0.15, 0.2) is 0 Å². The molecule has 132 valence electrons. The molecule has 0 aromatic heterocycles. The van der Waals surface area contributed by atoms with Crippen LogP contribution in [0.2, 0.25) is 0 Å². The largest absolute Gasteiger partial charge is 0.480 e. The van der Waals surface area contributed by atoms with Gasteiger partial charge in [-0.15, -0.1) is 0 Å². The van der Waals surface area contributed by atoms with E-state index in [1.807, 2.05) is 0 Å². The Morgan fingerprint density at radius 3 is 2.30 bits per heavy atom. The van der Waals surface area contributed by atoms with Crippen LogP contribution in [0.5, 0.6) is 0 Å². The minimum Gasteiger partial charge on any atom is -0.480 e. The minimum atomic E-state index is -1.51. The number of carbonyl (C=O) groups is 3. The van der Waals surface area contributed by atoms with Crippen LogP contribution in [0.1, 0.15) is 13.3 Å². The van der Waals surface area contributed by atoms with Crippen molar-refractivity contribution in [2.24, 2.45) is 5.73 Å². The van der Waals surface area contributed by atoms with Crippen LogP contribution in [0.3, 0.4) is 0 Å². The van der Waals surface area contributed by atoms with Gasteiger partial charge in [-0.2, -0.15) is 0 Å². The lowest BCUT2D eigenvalue weighted by Crippen LogP contribution is -2.68. The first-order valence-corrected chi connectivity index (χ1v) is 6.84. The summed E-state index contributed by atoms with van der Waals surface area (Å²) in [6.07, 6.45) is -6.00. The number of carboxylic acid groups (broad SMARTS) is 1. The van der Waals surface area contributed by atoms with E-state index in [1.165, 1.54) is 0 Å². The molecule has 1 aliphatic heterocycles. The quantitative estimate of drug-likeness (QED) is 0.252. The molecule has 0 spiro atoms. The summed E-state index contributed by atoms with van der Waals surface area (Å²) in [5, 5.41) is 42.2. The highest BCUT2D eigenvalue weighted by Gasteiger charge is 2.45. The maximum absolute atomic E-state index is 11.8. The first-order valence-electron chi connectivity index (χ1n) is 6.84. The molecule has 0 radical (unpaired) electrons. The molecule has 1 aliphatic rings. The number of carbonyl (C=O) groups excluding carboxylic acids is 2. The highest BCUT2D eigenvalue weighted by molar-refractivity contribution is 5.84. The zero-order valence-corrected chi connectivity index (χ0v) is 12.4. The number of nitrogens with two attached hydrogens (primary N) is 1. The fraction of sp³-hybridized carbons (Fsp3) is 0.750. The first-order chi connectivity index (χ1) is 10.7. The smallest absolute Gasteiger partial charge is 0.321 e. The molecule has 1 rings (SSSR count). The van der Waals surface area contributed by atoms with E-state index in [4.69, 9.17) is 20.7 Å². The van der Waals surface area contributed by atoms with Gasteiger partial charge in [-0.3, -0.25) is 14.4 Å². The Kier molecular flexibility index (Phi) is 6.84. The van der Waals surface area contributed by atoms with Gasteiger partial charge in [0, 0.05) is 6.92 Å². The van der Waals surface area contributed by atoms with E-state index in [2.05, 4.69) is 10.6 Å². The molecule has 23 heavy (non-hydrogen) atoms. The lowest BCUT2D eigenvalue weighted by molar-refractivity contribution is -0.203. The summed E-state index contributed by atoms with van der Waals surface area (Å²) in [5.41, 5.74) is 5.24. The Labute approximate surface area is 131 Å². The molecule has 0 aromatic carbocycles. The molecule has 2 amide bonds. The fourth-order valence-corrected chi connectivity index (χ4v) is 2.14. The molecular formula is C12H21N3O8. The van der Waals surface area contributed by atoms with Crippen molar-refractivity contribution in [2.45, 2.75) is 50.0 Å². The summed E-state index contributed by atoms with van der Waals surface area (Å²) >= 11 is 0. The molecule has 11 nitrogen and oxygen atoms in total. The molecule has 1 fully saturated rings. The van der Waals surface area contributed by atoms with Crippen LogP contribution in [0.25, 0.3) is 0 Å². The SMILES string of the molecule is CC(=O)NC1C(O)[C@@H](O)C(CO)O[C@H]1NC(=O)CC(N)C(=O)O. The molecule has 1 heterocycles. The van der Waals surface area contributed by atoms with Crippen LogP contribution in [0, 0.1) is 0 Å². The summed E-state index contributed by atoms with van der Waals surface area (Å²) in [6.45, 7) is 0.530. The number of aliphatic hydroxyl groups is 3. The number of ether oxygens (including phenoxy) is 1. The van der Waals surface area contributed by atoms with E-state index in [1.54, 1.807) is 0 Å². The Balaban J connectivity index is 2.82. The van der Waals surface area contributed by atoms with E-state index >= 15 is 0 Å². The van der Waals surface area contributed by atoms with Crippen molar-refractivity contribution in [3.63, 3.8) is 0 Å². The van der Waals surface area contributed by atoms with Crippen molar-refractivity contribution in [1.29, 1.82) is 0 Å². The van der Waals surface area contributed by atoms with Gasteiger partial charge >= 0.3 is 5.97 Å². The predicted octanol–water partition coefficient (Wildman–Crippen LogP) is -4.15. The van der Waals surface area contributed by atoms with E-state index in [0.29, 0.717) is 0 Å². The molecule has 6 atom stereocenters. The van der Waals surface area contributed by atoms with E-state index < -0.39 is 67.4 Å². The summed E-state index contributed by atoms with van der Waals surface area (Å²) in [6, 6.07) is -2.61. The molecule has 0 saturated carbocycles. The number of aliphatic hydroxyl groups excluding tert-OH is 3. The third-order valence-corrected chi connectivity index (χ3v) is 3.32. The van der Waals surface area contributed by atoms with Gasteiger partial charge in [-0.05, 0) is 0 Å². The minimum absolute atomic E-state index is 0.547. The fourth-order valence-electron chi connectivity index (χ4n) is 2.14. The third-order valence-electron chi connectivity index (χ3n) is 3.32. The average Bonchev–Trinajstić information content (AvgIpc) is 2.46. The highest BCUT2D eigenvalue weighted by atomic mass is 16.5. The number of aliphatic carboxylic acids is 1. The molecule has 0 aromatic rings. The van der Waals surface area contributed by atoms with Crippen LogP contribution in [-0.4, -0.2) is 81.4 Å². The topological polar surface area (TPSA) is 191 Å². The molecule has 0 bridgehead atoms. The molecular weight excluding hydrogens is 314 g/mol. The normalized spacial score (nSPS) is 32.0. The second-order valence-electron chi connectivity index (χ2n) is 5.20. The zero-order valence-electron chi connectivity index (χ0n) is 12.4. The van der Waals surface area contributed by atoms with Crippen LogP contribution in [0.4, 0.5) is 0 Å². The highest BCUT2D eigenvalue weighted by Crippen LogP contribution is 2.20. The van der Waals surface area contributed by atoms with E-state index in [9.17, 15) is 24.6 Å². The van der Waals surface area contributed by atoms with Crippen molar-refractivity contribution in [1.82, 2.24) is 10.6 Å². The third kappa shape index (κ3) is 5.11. The number of rotatable bonds is 6. The standard InChI is InChI=1S/C12H21N3O8/c1-4(17)14-8-10(20)9(19)6(3-16)23-11(8)15-7(18)2-5(13)12(21)22/h5-6,8-11,16,19-20H,2-3,13H2,1H3,(H,14,17)(H,15,18)(H,21,22)/t5?,6?,8?,9-,10?,11+/m0/s1. The van der Waals surface area contributed by atoms with E-state index in [-0.39, 0.29) is 0 Å². The van der Waals surface area contributed by atoms with Gasteiger partial charge in [0.25, 0.3) is 0 Å². The summed E-state index contributed by atoms with van der Waals surface area (Å²) < 4.78 is 5.25. The molecule has 4 unspecified atom stereocenters. The van der Waals surface area contributed by atoms with Gasteiger partial charge in [0.05, 0.1) is 13.0 Å². The van der Waals surface area contributed by atoms with Gasteiger partial charge in [0.15, 0.2) is 6.23 Å². The lowest BCUT2D eigenvalue weighted by Gasteiger charge is -2.42. The van der Waals surface area contributed by atoms with Crippen molar-refractivity contribution >= 4 is 17.8 Å². The molecule has 0 aliphatic carbocycles. The van der Waals surface area contributed by atoms with Crippen molar-refractivity contribution in [3.05, 3.63) is 0 Å². The average molecular weight is 335 g/mol. The van der Waals surface area contributed by atoms with Gasteiger partial charge < -0.3 is 41.5 Å². The maximum atomic E-state index is 11.8. The van der Waals surface area contributed by atoms with Crippen molar-refractivity contribution in [3.8, 4) is 0 Å². The Morgan fingerprint density at radius 2 is 1.83 bits per heavy atom. The van der Waals surface area contributed by atoms with Gasteiger partial charge in [-0.25, -0.2) is 0 Å². The molecule has 11 heteroatoms. The number of nitrogens with one attached hydrogen (secondary N) is 2. The van der Waals surface area contributed by atoms with Crippen LogP contribution >= 0.6 is 0 Å². The predicted molar refractivity (Wildman–Crippen MR) is 73.7 cm³/mol. The maximum Gasteiger partial charge on any atom is 0.321 e. The van der Waals surface area contributed by atoms with E-state index in [0.717, 1.165) is 6.92 Å². The van der Waals surface area contributed by atoms with Crippen LogP contribution < -0.4 is 16.4 Å². The molecule has 1 saturated heterocycles. The van der Waals surface area contributed by atoms with Crippen LogP contribution in [-0.2, 0) is 19.1 Å². The Morgan fingerprint density at radius 1 is 1.22 bits per heavy atom. The number of hydrogen-bond acceptors (Lipinski definition) is 8. The van der Waals surface area contributed by atoms with Crippen molar-refractivity contribution in [2.75, 3.05) is 6.61 Å². The summed E-state index contributed by atoms with van der Waals surface area (Å²) in [5.74, 6) is -2.71. The number of hydrogen-bond donors (Lipinski definition) is 7. The Hall–Kier alpha value is -1.79. The summed E-state index contributed by atoms with van der Waals surface area (Å²) in [4.78, 5) is 33.6. The second-order valence-corrected chi connectivity index (χ2v) is 5.20. The lowest BCUT2D eigenvalue weighted by atomic mass is 9.95. The number of amides is 2. The first kappa shape index (κ1) is 19.3. The summed E-state index contributed by atoms with van der Waals surface area (Å²) in [7, 11) is 0. The van der Waals surface area contributed by atoms with Gasteiger partial charge in [-0.1, -0.05) is 0 Å². The van der Waals surface area contributed by atoms with Gasteiger partial charge in [0.1, 0.15) is 30.4 Å². The number of carboxylic acids is 1. The Bertz CT molecular complexity index is 460. The van der Waals surface area contributed by atoms with Crippen molar-refractivity contribution < 1.29 is 39.5 Å². The second kappa shape index (κ2) is 8.17. The molecule has 8 N–H and O–H groups in total. The monoisotopic (exact) mass is 335 g/mol. The van der Waals surface area contributed by atoms with Gasteiger partial charge in [0.2, 0.25) is 11.8 Å².